The fraction of sp³-hybridized carbons (Fsp3) is 0.261. The third kappa shape index (κ3) is 4.83. The van der Waals surface area contributed by atoms with Crippen molar-refractivity contribution in [2.75, 3.05) is 13.1 Å². The van der Waals surface area contributed by atoms with Gasteiger partial charge in [-0.2, -0.15) is 0 Å². The summed E-state index contributed by atoms with van der Waals surface area (Å²) in [7, 11) is 0. The number of hydrogen-bond donors (Lipinski definition) is 2. The highest BCUT2D eigenvalue weighted by Gasteiger charge is 2.38. The van der Waals surface area contributed by atoms with Gasteiger partial charge in [0, 0.05) is 37.5 Å². The number of rotatable bonds is 7. The zero-order chi connectivity index (χ0) is 22.7. The molecule has 0 bridgehead atoms. The van der Waals surface area contributed by atoms with Gasteiger partial charge in [-0.1, -0.05) is 30.3 Å². The van der Waals surface area contributed by atoms with Crippen molar-refractivity contribution in [1.29, 1.82) is 0 Å². The largest absolute Gasteiger partial charge is 0.481 e. The van der Waals surface area contributed by atoms with Crippen LogP contribution >= 0.6 is 11.3 Å². The third-order valence-corrected chi connectivity index (χ3v) is 6.19. The lowest BCUT2D eigenvalue weighted by Crippen LogP contribution is -2.59. The highest BCUT2D eigenvalue weighted by atomic mass is 32.1. The van der Waals surface area contributed by atoms with Gasteiger partial charge in [-0.15, -0.1) is 11.3 Å². The number of aromatic nitrogens is 2. The second-order valence-corrected chi connectivity index (χ2v) is 8.71. The van der Waals surface area contributed by atoms with Gasteiger partial charge >= 0.3 is 5.97 Å². The summed E-state index contributed by atoms with van der Waals surface area (Å²) in [5, 5.41) is 13.7. The number of aliphatic carboxylic acids is 1. The van der Waals surface area contributed by atoms with Crippen molar-refractivity contribution in [3.8, 4) is 11.4 Å². The summed E-state index contributed by atoms with van der Waals surface area (Å²) >= 11 is 1.30. The van der Waals surface area contributed by atoms with Gasteiger partial charge in [0.15, 0.2) is 5.82 Å². The Bertz CT molecular complexity index is 1110. The summed E-state index contributed by atoms with van der Waals surface area (Å²) in [6.45, 7) is 2.23. The van der Waals surface area contributed by atoms with Crippen molar-refractivity contribution in [2.24, 2.45) is 5.92 Å². The molecule has 1 atom stereocenters. The van der Waals surface area contributed by atoms with Crippen LogP contribution in [0.25, 0.3) is 11.4 Å². The second-order valence-electron chi connectivity index (χ2n) is 7.77. The van der Waals surface area contributed by atoms with Gasteiger partial charge < -0.3 is 15.3 Å². The summed E-state index contributed by atoms with van der Waals surface area (Å²) < 4.78 is 0. The molecule has 2 aromatic heterocycles. The fourth-order valence-electron chi connectivity index (χ4n) is 3.44. The number of likely N-dealkylation sites (tertiary alicyclic amines) is 1. The van der Waals surface area contributed by atoms with Crippen LogP contribution in [-0.2, 0) is 16.0 Å². The van der Waals surface area contributed by atoms with Gasteiger partial charge in [0.25, 0.3) is 5.91 Å². The van der Waals surface area contributed by atoms with Crippen LogP contribution in [0.3, 0.4) is 0 Å². The van der Waals surface area contributed by atoms with Crippen molar-refractivity contribution in [2.45, 2.75) is 19.4 Å². The van der Waals surface area contributed by atoms with Crippen LogP contribution < -0.4 is 5.32 Å². The van der Waals surface area contributed by atoms with Crippen molar-refractivity contribution < 1.29 is 19.5 Å². The molecule has 4 rings (SSSR count). The van der Waals surface area contributed by atoms with Crippen LogP contribution in [0.15, 0.2) is 54.2 Å². The highest BCUT2D eigenvalue weighted by molar-refractivity contribution is 7.12. The number of thiophene rings is 1. The fourth-order valence-corrected chi connectivity index (χ4v) is 4.07. The average molecular weight is 451 g/mol. The van der Waals surface area contributed by atoms with Crippen LogP contribution in [0.1, 0.15) is 20.8 Å². The normalized spacial score (nSPS) is 14.5. The lowest BCUT2D eigenvalue weighted by atomic mass is 9.97. The van der Waals surface area contributed by atoms with Gasteiger partial charge in [-0.25, -0.2) is 9.97 Å². The first-order valence-electron chi connectivity index (χ1n) is 10.1. The van der Waals surface area contributed by atoms with E-state index < -0.39 is 17.9 Å². The number of benzene rings is 1. The van der Waals surface area contributed by atoms with Crippen molar-refractivity contribution >= 4 is 29.1 Å². The van der Waals surface area contributed by atoms with E-state index in [1.807, 2.05) is 31.2 Å². The summed E-state index contributed by atoms with van der Waals surface area (Å²) in [5.41, 5.74) is 2.69. The van der Waals surface area contributed by atoms with Crippen LogP contribution in [-0.4, -0.2) is 56.9 Å². The number of aryl methyl sites for hydroxylation is 1. The first-order chi connectivity index (χ1) is 15.4. The van der Waals surface area contributed by atoms with Crippen LogP contribution in [0.5, 0.6) is 0 Å². The topological polar surface area (TPSA) is 112 Å². The van der Waals surface area contributed by atoms with E-state index in [9.17, 15) is 14.4 Å². The molecule has 9 heteroatoms. The Morgan fingerprint density at radius 1 is 1.16 bits per heavy atom. The maximum atomic E-state index is 13.0. The zero-order valence-electron chi connectivity index (χ0n) is 17.4. The Labute approximate surface area is 188 Å². The molecule has 1 fully saturated rings. The van der Waals surface area contributed by atoms with Gasteiger partial charge in [-0.05, 0) is 29.5 Å². The standard InChI is InChI=1S/C23H22N4O4S/c1-14-10-24-20(25-11-14)16-6-4-15(5-7-16)9-18(26-21(28)19-3-2-8-32-19)22(29)27-12-17(13-27)23(30)31/h2-8,10-11,17-18H,9,12-13H2,1H3,(H,26,28)(H,30,31). The Balaban J connectivity index is 1.49. The molecule has 1 saturated heterocycles. The number of nitrogens with zero attached hydrogens (tertiary/aromatic N) is 3. The lowest BCUT2D eigenvalue weighted by molar-refractivity contribution is -0.153. The molecule has 1 aliphatic heterocycles. The number of nitrogens with one attached hydrogen (secondary N) is 1. The van der Waals surface area contributed by atoms with Gasteiger partial charge in [0.1, 0.15) is 6.04 Å². The van der Waals surface area contributed by atoms with Gasteiger partial charge in [-0.3, -0.25) is 14.4 Å². The van der Waals surface area contributed by atoms with Gasteiger partial charge in [0.05, 0.1) is 10.8 Å². The van der Waals surface area contributed by atoms with E-state index in [-0.39, 0.29) is 24.9 Å². The van der Waals surface area contributed by atoms with Gasteiger partial charge in [0.2, 0.25) is 5.91 Å². The SMILES string of the molecule is Cc1cnc(-c2ccc(CC(NC(=O)c3cccs3)C(=O)N3CC(C(=O)O)C3)cc2)nc1. The molecule has 1 aliphatic rings. The lowest BCUT2D eigenvalue weighted by Gasteiger charge is -2.38. The molecule has 3 heterocycles. The summed E-state index contributed by atoms with van der Waals surface area (Å²) in [6, 6.07) is 10.2. The molecule has 0 saturated carbocycles. The molecular formula is C23H22N4O4S. The van der Waals surface area contributed by atoms with Crippen LogP contribution in [0, 0.1) is 12.8 Å². The molecule has 2 amide bonds. The monoisotopic (exact) mass is 450 g/mol. The zero-order valence-corrected chi connectivity index (χ0v) is 18.2. The molecule has 8 nitrogen and oxygen atoms in total. The number of carboxylic acids is 1. The number of carbonyl (C=O) groups is 3. The Morgan fingerprint density at radius 2 is 1.84 bits per heavy atom. The smallest absolute Gasteiger partial charge is 0.310 e. The van der Waals surface area contributed by atoms with Crippen molar-refractivity contribution in [3.63, 3.8) is 0 Å². The Kier molecular flexibility index (Phi) is 6.27. The number of carboxylic acid groups (broad SMARTS) is 1. The molecule has 0 spiro atoms. The minimum atomic E-state index is -0.915. The average Bonchev–Trinajstić information content (AvgIpc) is 3.28. The van der Waals surface area contributed by atoms with Crippen molar-refractivity contribution in [3.05, 3.63) is 70.2 Å². The summed E-state index contributed by atoms with van der Waals surface area (Å²) in [5.74, 6) is -1.46. The maximum Gasteiger partial charge on any atom is 0.310 e. The van der Waals surface area contributed by atoms with E-state index in [4.69, 9.17) is 5.11 Å². The van der Waals surface area contributed by atoms with E-state index in [0.29, 0.717) is 17.1 Å². The number of amides is 2. The van der Waals surface area contributed by atoms with E-state index in [1.165, 1.54) is 16.2 Å². The predicted octanol–water partition coefficient (Wildman–Crippen LogP) is 2.40. The molecule has 32 heavy (non-hydrogen) atoms. The Hall–Kier alpha value is -3.59. The summed E-state index contributed by atoms with van der Waals surface area (Å²) in [4.78, 5) is 47.4. The first-order valence-corrected chi connectivity index (χ1v) is 11.0. The molecule has 1 unspecified atom stereocenters. The molecule has 3 aromatic rings. The molecule has 0 aliphatic carbocycles. The van der Waals surface area contributed by atoms with E-state index >= 15 is 0 Å². The van der Waals surface area contributed by atoms with Crippen LogP contribution in [0.2, 0.25) is 0 Å². The quantitative estimate of drug-likeness (QED) is 0.572. The molecule has 0 radical (unpaired) electrons. The predicted molar refractivity (Wildman–Crippen MR) is 119 cm³/mol. The number of carbonyl (C=O) groups excluding carboxylic acids is 2. The third-order valence-electron chi connectivity index (χ3n) is 5.32. The highest BCUT2D eigenvalue weighted by Crippen LogP contribution is 2.20. The minimum Gasteiger partial charge on any atom is -0.481 e. The van der Waals surface area contributed by atoms with E-state index in [0.717, 1.165) is 16.7 Å². The van der Waals surface area contributed by atoms with Crippen molar-refractivity contribution in [1.82, 2.24) is 20.2 Å². The first kappa shape index (κ1) is 21.6. The molecule has 164 valence electrons. The number of hydrogen-bond acceptors (Lipinski definition) is 6. The summed E-state index contributed by atoms with van der Waals surface area (Å²) in [6.07, 6.45) is 3.80. The minimum absolute atomic E-state index is 0.156. The second kappa shape index (κ2) is 9.27. The Morgan fingerprint density at radius 3 is 2.44 bits per heavy atom. The maximum absolute atomic E-state index is 13.0. The van der Waals surface area contributed by atoms with Crippen LogP contribution in [0.4, 0.5) is 0 Å². The molecule has 2 N–H and O–H groups in total. The van der Waals surface area contributed by atoms with E-state index in [1.54, 1.807) is 29.9 Å². The van der Waals surface area contributed by atoms with E-state index in [2.05, 4.69) is 15.3 Å². The molecule has 1 aromatic carbocycles. The molecular weight excluding hydrogens is 428 g/mol.